The van der Waals surface area contributed by atoms with Crippen LogP contribution in [0.3, 0.4) is 0 Å². The lowest BCUT2D eigenvalue weighted by atomic mass is 9.89. The summed E-state index contributed by atoms with van der Waals surface area (Å²) in [5.74, 6) is 0.321. The summed E-state index contributed by atoms with van der Waals surface area (Å²) in [5.41, 5.74) is 4.32. The van der Waals surface area contributed by atoms with Gasteiger partial charge in [0.25, 0.3) is 0 Å². The van der Waals surface area contributed by atoms with Gasteiger partial charge in [-0.3, -0.25) is 4.99 Å². The summed E-state index contributed by atoms with van der Waals surface area (Å²) in [6.45, 7) is 9.95. The molecule has 1 atom stereocenters. The van der Waals surface area contributed by atoms with Crippen LogP contribution < -0.4 is 0 Å². The van der Waals surface area contributed by atoms with E-state index in [1.54, 1.807) is 6.08 Å². The van der Waals surface area contributed by atoms with Crippen molar-refractivity contribution in [3.63, 3.8) is 0 Å². The van der Waals surface area contributed by atoms with Gasteiger partial charge in [-0.2, -0.15) is 0 Å². The highest BCUT2D eigenvalue weighted by atomic mass is 14.7. The third kappa shape index (κ3) is 1.91. The van der Waals surface area contributed by atoms with Gasteiger partial charge < -0.3 is 4.98 Å². The number of nitrogens with zero attached hydrogens (tertiary/aromatic N) is 1. The van der Waals surface area contributed by atoms with Crippen LogP contribution in [0.4, 0.5) is 0 Å². The fourth-order valence-electron chi connectivity index (χ4n) is 1.93. The molecule has 82 valence electrons. The average Bonchev–Trinajstić information content (AvgIpc) is 2.77. The van der Waals surface area contributed by atoms with Gasteiger partial charge in [-0.15, -0.1) is 0 Å². The second-order valence-corrected chi connectivity index (χ2v) is 4.00. The van der Waals surface area contributed by atoms with Crippen LogP contribution in [0, 0.1) is 5.92 Å². The van der Waals surface area contributed by atoms with E-state index in [0.717, 1.165) is 29.1 Å². The molecule has 2 heteroatoms. The minimum absolute atomic E-state index is 0.321. The second-order valence-electron chi connectivity index (χ2n) is 4.00. The van der Waals surface area contributed by atoms with Gasteiger partial charge in [0.05, 0.1) is 0 Å². The molecule has 1 aromatic heterocycles. The molecule has 1 N–H and O–H groups in total. The average molecular weight is 212 g/mol. The first-order valence-corrected chi connectivity index (χ1v) is 5.42. The fraction of sp³-hybridized carbons (Fsp3) is 0.214. The zero-order chi connectivity index (χ0) is 11.5. The predicted molar refractivity (Wildman–Crippen MR) is 70.3 cm³/mol. The van der Waals surface area contributed by atoms with Gasteiger partial charge in [0.15, 0.2) is 0 Å². The summed E-state index contributed by atoms with van der Waals surface area (Å²) in [6.07, 6.45) is 6.73. The first-order valence-electron chi connectivity index (χ1n) is 5.42. The number of aliphatic imine (C=N–C) groups is 1. The van der Waals surface area contributed by atoms with Crippen LogP contribution in [0.25, 0.3) is 11.6 Å². The lowest BCUT2D eigenvalue weighted by molar-refractivity contribution is 0.873. The van der Waals surface area contributed by atoms with Crippen molar-refractivity contribution in [2.45, 2.75) is 13.3 Å². The van der Waals surface area contributed by atoms with Gasteiger partial charge in [-0.25, -0.2) is 0 Å². The Hall–Kier alpha value is -1.83. The minimum Gasteiger partial charge on any atom is -0.355 e. The zero-order valence-corrected chi connectivity index (χ0v) is 9.53. The van der Waals surface area contributed by atoms with Crippen LogP contribution in [0.5, 0.6) is 0 Å². The Morgan fingerprint density at radius 2 is 2.38 bits per heavy atom. The van der Waals surface area contributed by atoms with Crippen molar-refractivity contribution in [1.82, 2.24) is 4.98 Å². The molecule has 0 radical (unpaired) electrons. The topological polar surface area (TPSA) is 28.1 Å². The normalized spacial score (nSPS) is 19.3. The lowest BCUT2D eigenvalue weighted by Gasteiger charge is -2.19. The molecule has 0 fully saturated rings. The van der Waals surface area contributed by atoms with Crippen molar-refractivity contribution in [3.8, 4) is 0 Å². The van der Waals surface area contributed by atoms with E-state index in [1.165, 1.54) is 0 Å². The summed E-state index contributed by atoms with van der Waals surface area (Å²) in [4.78, 5) is 7.61. The fourth-order valence-corrected chi connectivity index (χ4v) is 1.93. The van der Waals surface area contributed by atoms with Crippen molar-refractivity contribution in [2.75, 3.05) is 0 Å². The summed E-state index contributed by atoms with van der Waals surface area (Å²) in [6, 6.07) is 4.06. The molecule has 0 saturated carbocycles. The first-order chi connectivity index (χ1) is 7.72. The largest absolute Gasteiger partial charge is 0.355 e. The van der Waals surface area contributed by atoms with Gasteiger partial charge in [-0.05, 0) is 37.1 Å². The summed E-state index contributed by atoms with van der Waals surface area (Å²) in [5, 5.41) is 0. The SMILES string of the molecule is C=Cc1ccc(C(=C)C2CC=CN=C2C)[nH]1. The summed E-state index contributed by atoms with van der Waals surface area (Å²) < 4.78 is 0. The Balaban J connectivity index is 2.22. The van der Waals surface area contributed by atoms with Crippen molar-refractivity contribution < 1.29 is 0 Å². The monoisotopic (exact) mass is 212 g/mol. The molecule has 0 amide bonds. The van der Waals surface area contributed by atoms with E-state index in [2.05, 4.69) is 36.1 Å². The summed E-state index contributed by atoms with van der Waals surface area (Å²) in [7, 11) is 0. The molecule has 1 aromatic rings. The molecule has 0 saturated heterocycles. The predicted octanol–water partition coefficient (Wildman–Crippen LogP) is 3.67. The maximum absolute atomic E-state index is 4.33. The molecular weight excluding hydrogens is 196 g/mol. The number of allylic oxidation sites excluding steroid dienone is 2. The van der Waals surface area contributed by atoms with Crippen LogP contribution in [-0.2, 0) is 0 Å². The van der Waals surface area contributed by atoms with Crippen molar-refractivity contribution in [2.24, 2.45) is 10.9 Å². The summed E-state index contributed by atoms with van der Waals surface area (Å²) >= 11 is 0. The first kappa shape index (κ1) is 10.7. The molecule has 1 aliphatic heterocycles. The number of hydrogen-bond acceptors (Lipinski definition) is 1. The zero-order valence-electron chi connectivity index (χ0n) is 9.53. The van der Waals surface area contributed by atoms with E-state index < -0.39 is 0 Å². The Morgan fingerprint density at radius 3 is 3.00 bits per heavy atom. The smallest absolute Gasteiger partial charge is 0.0418 e. The van der Waals surface area contributed by atoms with Crippen LogP contribution >= 0.6 is 0 Å². The van der Waals surface area contributed by atoms with E-state index >= 15 is 0 Å². The van der Waals surface area contributed by atoms with Crippen molar-refractivity contribution in [1.29, 1.82) is 0 Å². The minimum atomic E-state index is 0.321. The van der Waals surface area contributed by atoms with E-state index in [1.807, 2.05) is 18.3 Å². The van der Waals surface area contributed by atoms with Crippen LogP contribution in [0.2, 0.25) is 0 Å². The third-order valence-electron chi connectivity index (χ3n) is 2.95. The number of aromatic amines is 1. The third-order valence-corrected chi connectivity index (χ3v) is 2.95. The Morgan fingerprint density at radius 1 is 1.56 bits per heavy atom. The Kier molecular flexibility index (Phi) is 2.91. The number of nitrogens with one attached hydrogen (secondary N) is 1. The molecular formula is C14H16N2. The molecule has 16 heavy (non-hydrogen) atoms. The van der Waals surface area contributed by atoms with Gasteiger partial charge in [0.1, 0.15) is 0 Å². The molecule has 1 aliphatic rings. The van der Waals surface area contributed by atoms with Gasteiger partial charge in [0, 0.05) is 29.2 Å². The van der Waals surface area contributed by atoms with E-state index in [0.29, 0.717) is 5.92 Å². The standard InChI is InChI=1S/C14H16N2/c1-4-12-7-8-14(16-12)10(2)13-6-5-9-15-11(13)3/h4-5,7-9,13,16H,1-2,6H2,3H3. The molecule has 0 aromatic carbocycles. The Bertz CT molecular complexity index is 475. The number of rotatable bonds is 3. The molecule has 0 bridgehead atoms. The Labute approximate surface area is 96.1 Å². The van der Waals surface area contributed by atoms with E-state index in [9.17, 15) is 0 Å². The van der Waals surface area contributed by atoms with Gasteiger partial charge in [0.2, 0.25) is 0 Å². The van der Waals surface area contributed by atoms with Gasteiger partial charge >= 0.3 is 0 Å². The lowest BCUT2D eigenvalue weighted by Crippen LogP contribution is -2.14. The van der Waals surface area contributed by atoms with E-state index in [4.69, 9.17) is 0 Å². The van der Waals surface area contributed by atoms with Crippen molar-refractivity contribution >= 4 is 17.4 Å². The molecule has 0 spiro atoms. The van der Waals surface area contributed by atoms with Crippen LogP contribution in [-0.4, -0.2) is 10.7 Å². The molecule has 2 nitrogen and oxygen atoms in total. The highest BCUT2D eigenvalue weighted by molar-refractivity contribution is 5.95. The quantitative estimate of drug-likeness (QED) is 0.792. The maximum Gasteiger partial charge on any atom is 0.0418 e. The molecule has 1 unspecified atom stereocenters. The highest BCUT2D eigenvalue weighted by Gasteiger charge is 2.18. The number of H-pyrrole nitrogens is 1. The van der Waals surface area contributed by atoms with Crippen LogP contribution in [0.15, 0.2) is 42.6 Å². The highest BCUT2D eigenvalue weighted by Crippen LogP contribution is 2.27. The van der Waals surface area contributed by atoms with Crippen molar-refractivity contribution in [3.05, 3.63) is 49.0 Å². The molecule has 2 rings (SSSR count). The molecule has 2 heterocycles. The maximum atomic E-state index is 4.33. The van der Waals surface area contributed by atoms with Crippen LogP contribution in [0.1, 0.15) is 24.7 Å². The molecule has 0 aliphatic carbocycles. The van der Waals surface area contributed by atoms with Gasteiger partial charge in [-0.1, -0.05) is 19.2 Å². The number of hydrogen-bond donors (Lipinski definition) is 1. The number of aromatic nitrogens is 1. The van der Waals surface area contributed by atoms with E-state index in [-0.39, 0.29) is 0 Å². The second kappa shape index (κ2) is 4.35.